The molecule has 39 heavy (non-hydrogen) atoms. The molecule has 11 heteroatoms. The molecule has 0 fully saturated rings. The summed E-state index contributed by atoms with van der Waals surface area (Å²) in [4.78, 5) is 4.67. The van der Waals surface area contributed by atoms with Crippen LogP contribution in [0.1, 0.15) is 103 Å². The average Bonchev–Trinajstić information content (AvgIpc) is 3.36. The summed E-state index contributed by atoms with van der Waals surface area (Å²) in [6, 6.07) is 9.70. The molecule has 1 aromatic heterocycles. The molecular formula is C28H49NOS8Si. The molecule has 1 aromatic carbocycles. The van der Waals surface area contributed by atoms with Crippen LogP contribution >= 0.6 is 82.1 Å². The van der Waals surface area contributed by atoms with Gasteiger partial charge in [0.2, 0.25) is 0 Å². The SMILES string of the molecule is CO[Si](C)(C)CCCCCCCCCCCCCCCCCCSSSSSSSc1nc2ccccc2s1. The van der Waals surface area contributed by atoms with Crippen molar-refractivity contribution in [3.05, 3.63) is 24.3 Å². The Balaban J connectivity index is 1.20. The number of nitrogens with zero attached hydrogens (tertiary/aromatic N) is 1. The summed E-state index contributed by atoms with van der Waals surface area (Å²) in [5, 5.41) is 0. The minimum Gasteiger partial charge on any atom is -0.420 e. The molecule has 0 N–H and O–H groups in total. The highest BCUT2D eigenvalue weighted by Crippen LogP contribution is 2.56. The Morgan fingerprint density at radius 3 is 1.77 bits per heavy atom. The molecule has 2 aromatic rings. The molecule has 1 heterocycles. The van der Waals surface area contributed by atoms with E-state index in [1.54, 1.807) is 22.1 Å². The summed E-state index contributed by atoms with van der Waals surface area (Å²) in [5.41, 5.74) is 1.11. The van der Waals surface area contributed by atoms with E-state index >= 15 is 0 Å². The summed E-state index contributed by atoms with van der Waals surface area (Å²) < 4.78 is 8.06. The molecule has 0 amide bonds. The van der Waals surface area contributed by atoms with E-state index in [0.29, 0.717) is 0 Å². The molecule has 0 spiro atoms. The number of hydrogen-bond acceptors (Lipinski definition) is 10. The highest BCUT2D eigenvalue weighted by Gasteiger charge is 2.19. The maximum atomic E-state index is 5.64. The summed E-state index contributed by atoms with van der Waals surface area (Å²) >= 11 is 1.78. The predicted octanol–water partition coefficient (Wildman–Crippen LogP) is 14.4. The zero-order chi connectivity index (χ0) is 27.9. The molecule has 0 unspecified atom stereocenters. The Bertz CT molecular complexity index is 808. The molecule has 0 radical (unpaired) electrons. The van der Waals surface area contributed by atoms with Crippen molar-refractivity contribution in [2.24, 2.45) is 0 Å². The van der Waals surface area contributed by atoms with Crippen LogP contribution < -0.4 is 0 Å². The van der Waals surface area contributed by atoms with Gasteiger partial charge in [-0.3, -0.25) is 0 Å². The van der Waals surface area contributed by atoms with E-state index in [2.05, 4.69) is 42.3 Å². The van der Waals surface area contributed by atoms with Crippen molar-refractivity contribution in [2.45, 2.75) is 126 Å². The van der Waals surface area contributed by atoms with E-state index in [1.165, 1.54) is 119 Å². The van der Waals surface area contributed by atoms with E-state index in [9.17, 15) is 0 Å². The molecular weight excluding hydrogens is 651 g/mol. The smallest absolute Gasteiger partial charge is 0.186 e. The van der Waals surface area contributed by atoms with Gasteiger partial charge in [0.1, 0.15) is 0 Å². The van der Waals surface area contributed by atoms with Gasteiger partial charge in [-0.05, 0) is 97.6 Å². The second kappa shape index (κ2) is 25.1. The highest BCUT2D eigenvalue weighted by molar-refractivity contribution is 9.46. The largest absolute Gasteiger partial charge is 0.420 e. The summed E-state index contributed by atoms with van der Waals surface area (Å²) in [7, 11) is 13.7. The average molecular weight is 700 g/mol. The van der Waals surface area contributed by atoms with Crippen molar-refractivity contribution >= 4 is 101 Å². The van der Waals surface area contributed by atoms with Gasteiger partial charge in [0.15, 0.2) is 12.7 Å². The Kier molecular flexibility index (Phi) is 23.8. The number of thiazole rings is 1. The Morgan fingerprint density at radius 1 is 0.667 bits per heavy atom. The van der Waals surface area contributed by atoms with Gasteiger partial charge in [-0.1, -0.05) is 119 Å². The summed E-state index contributed by atoms with van der Waals surface area (Å²) in [5.74, 6) is 1.28. The van der Waals surface area contributed by atoms with Gasteiger partial charge < -0.3 is 4.43 Å². The molecule has 0 bridgehead atoms. The van der Waals surface area contributed by atoms with Crippen LogP contribution in [0.4, 0.5) is 0 Å². The Hall–Kier alpha value is 1.74. The number of aromatic nitrogens is 1. The summed E-state index contributed by atoms with van der Waals surface area (Å²) in [6.07, 6.45) is 22.9. The van der Waals surface area contributed by atoms with E-state index < -0.39 is 8.32 Å². The quantitative estimate of drug-likeness (QED) is 0.0512. The fraction of sp³-hybridized carbons (Fsp3) is 0.750. The Labute approximate surface area is 271 Å². The van der Waals surface area contributed by atoms with Gasteiger partial charge in [0, 0.05) is 12.9 Å². The van der Waals surface area contributed by atoms with E-state index in [-0.39, 0.29) is 0 Å². The summed E-state index contributed by atoms with van der Waals surface area (Å²) in [6.45, 7) is 4.67. The first kappa shape index (κ1) is 36.9. The van der Waals surface area contributed by atoms with Crippen molar-refractivity contribution < 1.29 is 4.43 Å². The predicted molar refractivity (Wildman–Crippen MR) is 199 cm³/mol. The maximum absolute atomic E-state index is 5.64. The number of para-hydroxylation sites is 1. The number of unbranched alkanes of at least 4 members (excludes halogenated alkanes) is 15. The molecule has 0 aliphatic heterocycles. The molecule has 2 nitrogen and oxygen atoms in total. The van der Waals surface area contributed by atoms with Gasteiger partial charge >= 0.3 is 0 Å². The number of benzene rings is 1. The van der Waals surface area contributed by atoms with E-state index in [1.807, 2.05) is 67.0 Å². The van der Waals surface area contributed by atoms with Crippen molar-refractivity contribution in [3.63, 3.8) is 0 Å². The van der Waals surface area contributed by atoms with Gasteiger partial charge in [-0.2, -0.15) is 0 Å². The first-order chi connectivity index (χ1) is 19.1. The fourth-order valence-electron chi connectivity index (χ4n) is 4.31. The van der Waals surface area contributed by atoms with Crippen LogP contribution in [-0.4, -0.2) is 26.2 Å². The van der Waals surface area contributed by atoms with Gasteiger partial charge in [0.05, 0.1) is 10.2 Å². The topological polar surface area (TPSA) is 22.1 Å². The van der Waals surface area contributed by atoms with Crippen LogP contribution in [0.3, 0.4) is 0 Å². The first-order valence-electron chi connectivity index (χ1n) is 14.6. The maximum Gasteiger partial charge on any atom is 0.186 e. The van der Waals surface area contributed by atoms with E-state index in [4.69, 9.17) is 4.43 Å². The van der Waals surface area contributed by atoms with Crippen molar-refractivity contribution in [1.82, 2.24) is 4.98 Å². The third-order valence-corrected chi connectivity index (χ3v) is 23.8. The van der Waals surface area contributed by atoms with E-state index in [0.717, 1.165) is 9.86 Å². The minimum atomic E-state index is -1.31. The fourth-order valence-corrected chi connectivity index (χ4v) is 21.2. The lowest BCUT2D eigenvalue weighted by Crippen LogP contribution is -2.27. The second-order valence-electron chi connectivity index (χ2n) is 10.6. The van der Waals surface area contributed by atoms with Crippen molar-refractivity contribution in [3.8, 4) is 0 Å². The monoisotopic (exact) mass is 699 g/mol. The van der Waals surface area contributed by atoms with Crippen molar-refractivity contribution in [1.29, 1.82) is 0 Å². The first-order valence-corrected chi connectivity index (χ1v) is 27.6. The van der Waals surface area contributed by atoms with Crippen LogP contribution in [0.15, 0.2) is 28.6 Å². The third kappa shape index (κ3) is 20.3. The number of rotatable bonds is 27. The lowest BCUT2D eigenvalue weighted by molar-refractivity contribution is 0.400. The zero-order valence-corrected chi connectivity index (χ0v) is 31.7. The van der Waals surface area contributed by atoms with Gasteiger partial charge in [0.25, 0.3) is 0 Å². The van der Waals surface area contributed by atoms with Crippen LogP contribution in [0.25, 0.3) is 10.2 Å². The molecule has 0 saturated heterocycles. The second-order valence-corrected chi connectivity index (χ2v) is 27.5. The van der Waals surface area contributed by atoms with Crippen LogP contribution in [-0.2, 0) is 4.43 Å². The standard InChI is InChI=1S/C28H49NOS8Si/c1-30-39(2,3)25-21-17-15-13-11-9-7-5-4-6-8-10-12-14-16-20-24-31-34-36-38-37-35-33-28-29-26-22-18-19-23-27(26)32-28/h18-19,22-23H,4-17,20-21,24-25H2,1-3H3. The molecule has 0 aliphatic rings. The van der Waals surface area contributed by atoms with Crippen molar-refractivity contribution in [2.75, 3.05) is 12.9 Å². The van der Waals surface area contributed by atoms with Gasteiger partial charge in [-0.15, -0.1) is 11.3 Å². The Morgan fingerprint density at radius 2 is 1.18 bits per heavy atom. The molecule has 0 aliphatic carbocycles. The molecule has 0 atom stereocenters. The minimum absolute atomic E-state index is 1.11. The van der Waals surface area contributed by atoms with Gasteiger partial charge in [-0.25, -0.2) is 4.98 Å². The lowest BCUT2D eigenvalue weighted by atomic mass is 10.0. The molecule has 0 saturated carbocycles. The highest BCUT2D eigenvalue weighted by atomic mass is 33.9. The number of fused-ring (bicyclic) bond motifs is 1. The zero-order valence-electron chi connectivity index (χ0n) is 24.2. The van der Waals surface area contributed by atoms with Crippen LogP contribution in [0, 0.1) is 0 Å². The molecule has 2 rings (SSSR count). The normalized spacial score (nSPS) is 12.1. The lowest BCUT2D eigenvalue weighted by Gasteiger charge is -2.19. The number of hydrogen-bond donors (Lipinski definition) is 0. The van der Waals surface area contributed by atoms with Crippen LogP contribution in [0.2, 0.25) is 19.1 Å². The van der Waals surface area contributed by atoms with Crippen LogP contribution in [0.5, 0.6) is 0 Å². The third-order valence-electron chi connectivity index (χ3n) is 6.85. The molecule has 224 valence electrons.